The Hall–Kier alpha value is -2.02. The molecule has 0 aliphatic rings. The molecular weight excluding hydrogens is 447 g/mol. The number of nitrogens with zero attached hydrogens (tertiary/aromatic N) is 1. The van der Waals surface area contributed by atoms with Crippen LogP contribution in [0, 0.1) is 0 Å². The van der Waals surface area contributed by atoms with E-state index in [1.165, 1.54) is 11.3 Å². The second kappa shape index (κ2) is 7.35. The summed E-state index contributed by atoms with van der Waals surface area (Å²) in [5.74, 6) is 0. The fourth-order valence-corrected chi connectivity index (χ4v) is 5.04. The number of nitrogens with two attached hydrogens (primary N) is 1. The van der Waals surface area contributed by atoms with Crippen LogP contribution in [-0.2, 0) is 6.42 Å². The molecule has 2 aromatic heterocycles. The predicted octanol–water partition coefficient (Wildman–Crippen LogP) is 7.14. The summed E-state index contributed by atoms with van der Waals surface area (Å²) in [7, 11) is 0. The molecule has 0 aliphatic carbocycles. The monoisotopic (exact) mass is 460 g/mol. The Morgan fingerprint density at radius 2 is 1.83 bits per heavy atom. The highest BCUT2D eigenvalue weighted by molar-refractivity contribution is 7.22. The van der Waals surface area contributed by atoms with Gasteiger partial charge in [0.25, 0.3) is 0 Å². The lowest BCUT2D eigenvalue weighted by molar-refractivity contribution is 0.975. The van der Waals surface area contributed by atoms with Crippen LogP contribution in [0.2, 0.25) is 15.1 Å². The Bertz CT molecular complexity index is 1350. The number of benzene rings is 3. The van der Waals surface area contributed by atoms with Crippen LogP contribution >= 0.6 is 46.1 Å². The Kier molecular flexibility index (Phi) is 4.81. The molecule has 0 unspecified atom stereocenters. The van der Waals surface area contributed by atoms with Crippen molar-refractivity contribution >= 4 is 89.0 Å². The van der Waals surface area contributed by atoms with Crippen molar-refractivity contribution < 1.29 is 0 Å². The van der Waals surface area contributed by atoms with E-state index in [2.05, 4.69) is 27.4 Å². The van der Waals surface area contributed by atoms with E-state index in [9.17, 15) is 0 Å². The molecule has 3 aromatic carbocycles. The Morgan fingerprint density at radius 3 is 2.66 bits per heavy atom. The van der Waals surface area contributed by atoms with Crippen LogP contribution in [-0.4, -0.2) is 16.5 Å². The lowest BCUT2D eigenvalue weighted by Gasteiger charge is -2.08. The Balaban J connectivity index is 1.64. The number of hydrogen-bond donors (Lipinski definition) is 3. The van der Waals surface area contributed by atoms with E-state index < -0.39 is 0 Å². The average molecular weight is 462 g/mol. The number of fused-ring (bicyclic) bond motifs is 4. The zero-order chi connectivity index (χ0) is 20.1. The Morgan fingerprint density at radius 1 is 1.00 bits per heavy atom. The number of aromatic amines is 1. The SMILES string of the molecule is NCCc1cc(Nc2nc3cc(Cl)c(Cl)cc3s2)cc2c1[nH]c1ccc(Cl)cc12. The highest BCUT2D eigenvalue weighted by Gasteiger charge is 2.13. The average Bonchev–Trinajstić information content (AvgIpc) is 3.23. The third kappa shape index (κ3) is 3.43. The van der Waals surface area contributed by atoms with Crippen LogP contribution in [0.15, 0.2) is 42.5 Å². The number of rotatable bonds is 4. The smallest absolute Gasteiger partial charge is 0.188 e. The maximum atomic E-state index is 6.24. The highest BCUT2D eigenvalue weighted by atomic mass is 35.5. The topological polar surface area (TPSA) is 66.7 Å². The normalized spacial score (nSPS) is 11.7. The van der Waals surface area contributed by atoms with Gasteiger partial charge in [0.2, 0.25) is 0 Å². The van der Waals surface area contributed by atoms with Gasteiger partial charge in [0.15, 0.2) is 5.13 Å². The fraction of sp³-hybridized carbons (Fsp3) is 0.0952. The van der Waals surface area contributed by atoms with Gasteiger partial charge >= 0.3 is 0 Å². The molecule has 0 bridgehead atoms. The lowest BCUT2D eigenvalue weighted by atomic mass is 10.1. The van der Waals surface area contributed by atoms with Crippen molar-refractivity contribution in [3.63, 3.8) is 0 Å². The maximum absolute atomic E-state index is 6.24. The summed E-state index contributed by atoms with van der Waals surface area (Å²) in [5, 5.41) is 8.11. The second-order valence-corrected chi connectivity index (χ2v) is 9.07. The molecule has 4 nitrogen and oxygen atoms in total. The zero-order valence-electron chi connectivity index (χ0n) is 15.0. The van der Waals surface area contributed by atoms with Crippen molar-refractivity contribution in [3.05, 3.63) is 63.1 Å². The zero-order valence-corrected chi connectivity index (χ0v) is 18.1. The first-order chi connectivity index (χ1) is 14.0. The van der Waals surface area contributed by atoms with Gasteiger partial charge in [-0.2, -0.15) is 0 Å². The maximum Gasteiger partial charge on any atom is 0.188 e. The van der Waals surface area contributed by atoms with Gasteiger partial charge in [-0.3, -0.25) is 0 Å². The summed E-state index contributed by atoms with van der Waals surface area (Å²) < 4.78 is 0.976. The van der Waals surface area contributed by atoms with Crippen molar-refractivity contribution in [2.45, 2.75) is 6.42 Å². The van der Waals surface area contributed by atoms with Crippen LogP contribution in [0.4, 0.5) is 10.8 Å². The van der Waals surface area contributed by atoms with Crippen LogP contribution in [0.5, 0.6) is 0 Å². The van der Waals surface area contributed by atoms with E-state index in [0.29, 0.717) is 21.6 Å². The molecule has 0 fully saturated rings. The van der Waals surface area contributed by atoms with Crippen molar-refractivity contribution in [2.75, 3.05) is 11.9 Å². The number of halogens is 3. The van der Waals surface area contributed by atoms with Gasteiger partial charge in [-0.1, -0.05) is 46.1 Å². The number of H-pyrrole nitrogens is 1. The van der Waals surface area contributed by atoms with Gasteiger partial charge in [-0.15, -0.1) is 0 Å². The molecule has 29 heavy (non-hydrogen) atoms. The number of thiazole rings is 1. The second-order valence-electron chi connectivity index (χ2n) is 6.79. The molecule has 0 atom stereocenters. The van der Waals surface area contributed by atoms with E-state index in [4.69, 9.17) is 40.5 Å². The molecule has 0 amide bonds. The van der Waals surface area contributed by atoms with E-state index in [1.807, 2.05) is 24.3 Å². The third-order valence-corrected chi connectivity index (χ3v) is 6.74. The summed E-state index contributed by atoms with van der Waals surface area (Å²) in [5.41, 5.74) is 10.9. The van der Waals surface area contributed by atoms with Crippen LogP contribution < -0.4 is 11.1 Å². The van der Waals surface area contributed by atoms with Crippen molar-refractivity contribution in [2.24, 2.45) is 5.73 Å². The molecule has 8 heteroatoms. The first-order valence-electron chi connectivity index (χ1n) is 8.98. The number of aromatic nitrogens is 2. The minimum atomic E-state index is 0.498. The quantitative estimate of drug-likeness (QED) is 0.266. The van der Waals surface area contributed by atoms with Crippen molar-refractivity contribution in [1.29, 1.82) is 0 Å². The Labute approximate surface area is 185 Å². The molecule has 5 rings (SSSR count). The number of nitrogens with one attached hydrogen (secondary N) is 2. The molecule has 2 heterocycles. The predicted molar refractivity (Wildman–Crippen MR) is 126 cm³/mol. The summed E-state index contributed by atoms with van der Waals surface area (Å²) >= 11 is 20.0. The molecular formula is C21H15Cl3N4S. The van der Waals surface area contributed by atoms with E-state index in [1.54, 1.807) is 6.07 Å². The molecule has 146 valence electrons. The van der Waals surface area contributed by atoms with Crippen molar-refractivity contribution in [1.82, 2.24) is 9.97 Å². The number of hydrogen-bond acceptors (Lipinski definition) is 4. The van der Waals surface area contributed by atoms with Gasteiger partial charge in [0.05, 0.1) is 20.3 Å². The minimum absolute atomic E-state index is 0.498. The van der Waals surface area contributed by atoms with Crippen molar-refractivity contribution in [3.8, 4) is 0 Å². The molecule has 0 radical (unpaired) electrons. The van der Waals surface area contributed by atoms with Crippen LogP contribution in [0.25, 0.3) is 32.0 Å². The lowest BCUT2D eigenvalue weighted by Crippen LogP contribution is -2.03. The fourth-order valence-electron chi connectivity index (χ4n) is 3.57. The largest absolute Gasteiger partial charge is 0.354 e. The standard InChI is InChI=1S/C21H15Cl3N4S/c22-11-1-2-17-13(6-11)14-7-12(5-10(3-4-25)20(14)27-17)26-21-28-18-8-15(23)16(24)9-19(18)29-21/h1-2,5-9,27H,3-4,25H2,(H,26,28). The van der Waals surface area contributed by atoms with Crippen LogP contribution in [0.1, 0.15) is 5.56 Å². The molecule has 0 spiro atoms. The molecule has 0 aliphatic heterocycles. The molecule has 4 N–H and O–H groups in total. The van der Waals surface area contributed by atoms with E-state index in [0.717, 1.165) is 54.8 Å². The van der Waals surface area contributed by atoms with Gasteiger partial charge < -0.3 is 16.0 Å². The first kappa shape index (κ1) is 19.0. The van der Waals surface area contributed by atoms with Crippen LogP contribution in [0.3, 0.4) is 0 Å². The first-order valence-corrected chi connectivity index (χ1v) is 10.9. The highest BCUT2D eigenvalue weighted by Crippen LogP contribution is 2.36. The van der Waals surface area contributed by atoms with E-state index in [-0.39, 0.29) is 0 Å². The summed E-state index contributed by atoms with van der Waals surface area (Å²) in [6.45, 7) is 0.562. The summed E-state index contributed by atoms with van der Waals surface area (Å²) in [6, 6.07) is 13.7. The molecule has 5 aromatic rings. The van der Waals surface area contributed by atoms with E-state index >= 15 is 0 Å². The molecule has 0 saturated heterocycles. The molecule has 0 saturated carbocycles. The van der Waals surface area contributed by atoms with Gasteiger partial charge in [0.1, 0.15) is 0 Å². The van der Waals surface area contributed by atoms with Gasteiger partial charge in [0, 0.05) is 32.5 Å². The number of anilines is 2. The summed E-state index contributed by atoms with van der Waals surface area (Å²) in [6.07, 6.45) is 0.762. The third-order valence-electron chi connectivity index (χ3n) is 4.85. The van der Waals surface area contributed by atoms with Gasteiger partial charge in [-0.05, 0) is 61.0 Å². The minimum Gasteiger partial charge on any atom is -0.354 e. The van der Waals surface area contributed by atoms with Gasteiger partial charge in [-0.25, -0.2) is 4.98 Å². The summed E-state index contributed by atoms with van der Waals surface area (Å²) in [4.78, 5) is 8.14.